The number of carbonyl (C=O) groups is 2. The van der Waals surface area contributed by atoms with Gasteiger partial charge in [0.1, 0.15) is 0 Å². The van der Waals surface area contributed by atoms with E-state index in [1.165, 1.54) is 0 Å². The monoisotopic (exact) mass is 308 g/mol. The number of likely N-dealkylation sites (tertiary alicyclic amines) is 2. The lowest BCUT2D eigenvalue weighted by atomic mass is 9.98. The average Bonchev–Trinajstić information content (AvgIpc) is 3.09. The van der Waals surface area contributed by atoms with Crippen LogP contribution in [0.3, 0.4) is 0 Å². The summed E-state index contributed by atoms with van der Waals surface area (Å²) in [5, 5.41) is 0. The molecule has 0 spiro atoms. The summed E-state index contributed by atoms with van der Waals surface area (Å²) in [6, 6.07) is 0.428. The molecule has 4 rings (SSSR count). The van der Waals surface area contributed by atoms with Gasteiger partial charge >= 0.3 is 0 Å². The van der Waals surface area contributed by atoms with Crippen LogP contribution in [0.1, 0.15) is 38.5 Å². The van der Waals surface area contributed by atoms with E-state index < -0.39 is 0 Å². The number of rotatable bonds is 3. The lowest BCUT2D eigenvalue weighted by Crippen LogP contribution is -2.52. The van der Waals surface area contributed by atoms with E-state index >= 15 is 0 Å². The van der Waals surface area contributed by atoms with E-state index in [0.29, 0.717) is 32.2 Å². The fourth-order valence-corrected chi connectivity index (χ4v) is 3.98. The van der Waals surface area contributed by atoms with Gasteiger partial charge in [0.15, 0.2) is 6.29 Å². The molecule has 0 aromatic carbocycles. The smallest absolute Gasteiger partial charge is 0.228 e. The lowest BCUT2D eigenvalue weighted by molar-refractivity contribution is -0.154. The molecule has 2 amide bonds. The molecule has 3 heterocycles. The van der Waals surface area contributed by atoms with Crippen molar-refractivity contribution in [3.05, 3.63) is 0 Å². The summed E-state index contributed by atoms with van der Waals surface area (Å²) in [6.07, 6.45) is 5.37. The first kappa shape index (κ1) is 14.5. The molecule has 22 heavy (non-hydrogen) atoms. The number of carbonyl (C=O) groups excluding carboxylic acids is 2. The number of amides is 2. The molecule has 6 heteroatoms. The predicted molar refractivity (Wildman–Crippen MR) is 77.9 cm³/mol. The van der Waals surface area contributed by atoms with Crippen molar-refractivity contribution in [3.8, 4) is 0 Å². The van der Waals surface area contributed by atoms with Crippen molar-refractivity contribution in [2.24, 2.45) is 5.92 Å². The summed E-state index contributed by atoms with van der Waals surface area (Å²) in [5.41, 5.74) is 0. The molecule has 122 valence electrons. The maximum atomic E-state index is 12.9. The van der Waals surface area contributed by atoms with E-state index in [9.17, 15) is 9.59 Å². The topological polar surface area (TPSA) is 59.1 Å². The minimum atomic E-state index is -0.277. The zero-order chi connectivity index (χ0) is 15.1. The first-order valence-corrected chi connectivity index (χ1v) is 8.57. The summed E-state index contributed by atoms with van der Waals surface area (Å²) in [6.45, 7) is 2.60. The van der Waals surface area contributed by atoms with E-state index in [-0.39, 0.29) is 30.1 Å². The Morgan fingerprint density at radius 1 is 1.09 bits per heavy atom. The van der Waals surface area contributed by atoms with Crippen LogP contribution in [-0.2, 0) is 19.1 Å². The van der Waals surface area contributed by atoms with Gasteiger partial charge in [-0.15, -0.1) is 0 Å². The molecular weight excluding hydrogens is 284 g/mol. The van der Waals surface area contributed by atoms with Gasteiger partial charge in [-0.05, 0) is 32.1 Å². The van der Waals surface area contributed by atoms with Crippen LogP contribution in [0.4, 0.5) is 0 Å². The molecule has 6 nitrogen and oxygen atoms in total. The number of piperidine rings is 1. The minimum absolute atomic E-state index is 0.0221. The normalized spacial score (nSPS) is 33.7. The highest BCUT2D eigenvalue weighted by atomic mass is 16.7. The van der Waals surface area contributed by atoms with Gasteiger partial charge in [-0.25, -0.2) is 0 Å². The Bertz CT molecular complexity index is 459. The first-order chi connectivity index (χ1) is 10.7. The van der Waals surface area contributed by atoms with Gasteiger partial charge < -0.3 is 19.3 Å². The van der Waals surface area contributed by atoms with Crippen LogP contribution in [0.25, 0.3) is 0 Å². The van der Waals surface area contributed by atoms with Crippen LogP contribution in [-0.4, -0.2) is 66.3 Å². The van der Waals surface area contributed by atoms with E-state index in [0.717, 1.165) is 38.6 Å². The highest BCUT2D eigenvalue weighted by Crippen LogP contribution is 2.34. The quantitative estimate of drug-likeness (QED) is 0.772. The second-order valence-corrected chi connectivity index (χ2v) is 6.88. The SMILES string of the molecule is O=C1CC(C(=O)N2CCCCC2C2OCCO2)CN1C1CC1. The second kappa shape index (κ2) is 5.81. The molecule has 0 aromatic heterocycles. The summed E-state index contributed by atoms with van der Waals surface area (Å²) in [5.74, 6) is 0.109. The first-order valence-electron chi connectivity index (χ1n) is 8.57. The zero-order valence-electron chi connectivity index (χ0n) is 12.9. The van der Waals surface area contributed by atoms with Crippen LogP contribution in [0.5, 0.6) is 0 Å². The van der Waals surface area contributed by atoms with Crippen LogP contribution in [0.2, 0.25) is 0 Å². The van der Waals surface area contributed by atoms with Gasteiger partial charge in [0.25, 0.3) is 0 Å². The molecule has 2 atom stereocenters. The van der Waals surface area contributed by atoms with Crippen molar-refractivity contribution in [1.29, 1.82) is 0 Å². The summed E-state index contributed by atoms with van der Waals surface area (Å²) < 4.78 is 11.3. The molecule has 1 aliphatic carbocycles. The van der Waals surface area contributed by atoms with Crippen LogP contribution in [0, 0.1) is 5.92 Å². The number of ether oxygens (including phenoxy) is 2. The standard InChI is InChI=1S/C16H24N2O4/c19-14-9-11(10-18(14)12-4-5-12)15(20)17-6-2-1-3-13(17)16-21-7-8-22-16/h11-13,16H,1-10H2. The second-order valence-electron chi connectivity index (χ2n) is 6.88. The van der Waals surface area contributed by atoms with Crippen molar-refractivity contribution in [2.75, 3.05) is 26.3 Å². The van der Waals surface area contributed by atoms with Crippen molar-refractivity contribution in [2.45, 2.75) is 56.9 Å². The number of hydrogen-bond donors (Lipinski definition) is 0. The molecule has 3 saturated heterocycles. The third-order valence-electron chi connectivity index (χ3n) is 5.29. The van der Waals surface area contributed by atoms with Gasteiger partial charge in [-0.1, -0.05) is 0 Å². The molecule has 0 aromatic rings. The average molecular weight is 308 g/mol. The third kappa shape index (κ3) is 2.63. The van der Waals surface area contributed by atoms with Crippen molar-refractivity contribution < 1.29 is 19.1 Å². The number of hydrogen-bond acceptors (Lipinski definition) is 4. The van der Waals surface area contributed by atoms with Crippen molar-refractivity contribution >= 4 is 11.8 Å². The van der Waals surface area contributed by atoms with E-state index in [1.54, 1.807) is 0 Å². The van der Waals surface area contributed by atoms with Crippen LogP contribution >= 0.6 is 0 Å². The van der Waals surface area contributed by atoms with E-state index in [1.807, 2.05) is 9.80 Å². The van der Waals surface area contributed by atoms with E-state index in [2.05, 4.69) is 0 Å². The molecule has 4 fully saturated rings. The van der Waals surface area contributed by atoms with Crippen LogP contribution in [0.15, 0.2) is 0 Å². The fraction of sp³-hybridized carbons (Fsp3) is 0.875. The Kier molecular flexibility index (Phi) is 3.82. The summed E-state index contributed by atoms with van der Waals surface area (Å²) in [4.78, 5) is 28.9. The fourth-order valence-electron chi connectivity index (χ4n) is 3.98. The van der Waals surface area contributed by atoms with Crippen molar-refractivity contribution in [1.82, 2.24) is 9.80 Å². The van der Waals surface area contributed by atoms with Crippen LogP contribution < -0.4 is 0 Å². The minimum Gasteiger partial charge on any atom is -0.348 e. The molecular formula is C16H24N2O4. The summed E-state index contributed by atoms with van der Waals surface area (Å²) >= 11 is 0. The Hall–Kier alpha value is -1.14. The zero-order valence-corrected chi connectivity index (χ0v) is 12.9. The Balaban J connectivity index is 1.44. The Labute approximate surface area is 130 Å². The van der Waals surface area contributed by atoms with Crippen molar-refractivity contribution in [3.63, 3.8) is 0 Å². The summed E-state index contributed by atoms with van der Waals surface area (Å²) in [7, 11) is 0. The van der Waals surface area contributed by atoms with Gasteiger partial charge in [-0.3, -0.25) is 9.59 Å². The molecule has 1 saturated carbocycles. The van der Waals surface area contributed by atoms with Gasteiger partial charge in [0.2, 0.25) is 11.8 Å². The largest absolute Gasteiger partial charge is 0.348 e. The highest BCUT2D eigenvalue weighted by molar-refractivity contribution is 5.89. The Morgan fingerprint density at radius 3 is 2.59 bits per heavy atom. The maximum absolute atomic E-state index is 12.9. The molecule has 2 unspecified atom stereocenters. The molecule has 4 aliphatic rings. The maximum Gasteiger partial charge on any atom is 0.228 e. The lowest BCUT2D eigenvalue weighted by Gasteiger charge is -2.39. The third-order valence-corrected chi connectivity index (χ3v) is 5.29. The number of nitrogens with zero attached hydrogens (tertiary/aromatic N) is 2. The Morgan fingerprint density at radius 2 is 1.86 bits per heavy atom. The van der Waals surface area contributed by atoms with Gasteiger partial charge in [0.05, 0.1) is 25.2 Å². The molecule has 0 N–H and O–H groups in total. The molecule has 0 radical (unpaired) electrons. The predicted octanol–water partition coefficient (Wildman–Crippen LogP) is 0.751. The highest BCUT2D eigenvalue weighted by Gasteiger charge is 2.45. The molecule has 0 bridgehead atoms. The molecule has 3 aliphatic heterocycles. The van der Waals surface area contributed by atoms with Gasteiger partial charge in [-0.2, -0.15) is 0 Å². The van der Waals surface area contributed by atoms with E-state index in [4.69, 9.17) is 9.47 Å². The van der Waals surface area contributed by atoms with Gasteiger partial charge in [0, 0.05) is 25.6 Å².